The molecule has 0 saturated heterocycles. The molecule has 1 rings (SSSR count). The van der Waals surface area contributed by atoms with Crippen LogP contribution in [-0.4, -0.2) is 56.4 Å². The summed E-state index contributed by atoms with van der Waals surface area (Å²) in [6, 6.07) is 5.59. The Hall–Kier alpha value is -1.91. The average molecular weight is 508 g/mol. The van der Waals surface area contributed by atoms with E-state index in [2.05, 4.69) is 10.3 Å². The number of nitrogens with zero attached hydrogens (tertiary/aromatic N) is 2. The zero-order valence-corrected chi connectivity index (χ0v) is 19.9. The van der Waals surface area contributed by atoms with E-state index in [1.165, 1.54) is 0 Å². The van der Waals surface area contributed by atoms with Gasteiger partial charge in [-0.05, 0) is 45.4 Å². The molecule has 0 bridgehead atoms. The van der Waals surface area contributed by atoms with Gasteiger partial charge in [0.15, 0.2) is 17.5 Å². The first-order chi connectivity index (χ1) is 12.7. The quantitative estimate of drug-likeness (QED) is 0.318. The molecule has 0 aromatic heterocycles. The number of hydrogen-bond acceptors (Lipinski definition) is 5. The molecule has 0 aliphatic carbocycles. The Labute approximate surface area is 184 Å². The van der Waals surface area contributed by atoms with Crippen molar-refractivity contribution in [2.24, 2.45) is 10.7 Å². The van der Waals surface area contributed by atoms with Crippen LogP contribution in [0.2, 0.25) is 0 Å². The second-order valence-corrected chi connectivity index (χ2v) is 6.88. The molecule has 3 N–H and O–H groups in total. The number of hydrogen-bond donors (Lipinski definition) is 2. The number of amides is 1. The molecule has 9 heteroatoms. The number of ether oxygens (including phenoxy) is 3. The number of nitrogens with two attached hydrogens (primary N) is 1. The summed E-state index contributed by atoms with van der Waals surface area (Å²) in [4.78, 5) is 18.0. The van der Waals surface area contributed by atoms with Gasteiger partial charge in [0.2, 0.25) is 0 Å². The third kappa shape index (κ3) is 9.34. The molecule has 28 heavy (non-hydrogen) atoms. The average Bonchev–Trinajstić information content (AvgIpc) is 2.61. The highest BCUT2D eigenvalue weighted by atomic mass is 127. The molecular weight excluding hydrogens is 475 g/mol. The van der Waals surface area contributed by atoms with Crippen LogP contribution in [0.1, 0.15) is 33.3 Å². The lowest BCUT2D eigenvalue weighted by atomic mass is 10.2. The summed E-state index contributed by atoms with van der Waals surface area (Å²) in [5.41, 5.74) is 6.33. The van der Waals surface area contributed by atoms with Gasteiger partial charge < -0.3 is 30.2 Å². The van der Waals surface area contributed by atoms with Gasteiger partial charge >= 0.3 is 6.09 Å². The highest BCUT2D eigenvalue weighted by Crippen LogP contribution is 2.27. The number of halogens is 1. The van der Waals surface area contributed by atoms with E-state index in [-0.39, 0.29) is 30.1 Å². The van der Waals surface area contributed by atoms with E-state index in [0.717, 1.165) is 5.56 Å². The molecule has 0 atom stereocenters. The van der Waals surface area contributed by atoms with Crippen LogP contribution in [0.5, 0.6) is 11.5 Å². The SMILES string of the molecule is CCN(CCNC(N)=NCc1ccc(OC)c(OC)c1)C(=O)OC(C)(C)C.I. The first kappa shape index (κ1) is 26.1. The van der Waals surface area contributed by atoms with E-state index < -0.39 is 5.60 Å². The number of aliphatic imine (C=N–C) groups is 1. The van der Waals surface area contributed by atoms with Crippen molar-refractivity contribution in [1.29, 1.82) is 0 Å². The highest BCUT2D eigenvalue weighted by Gasteiger charge is 2.20. The zero-order chi connectivity index (χ0) is 20.4. The predicted molar refractivity (Wildman–Crippen MR) is 122 cm³/mol. The normalized spacial score (nSPS) is 11.3. The van der Waals surface area contributed by atoms with Gasteiger partial charge in [-0.3, -0.25) is 0 Å². The molecule has 0 saturated carbocycles. The fourth-order valence-corrected chi connectivity index (χ4v) is 2.24. The summed E-state index contributed by atoms with van der Waals surface area (Å²) in [6.07, 6.45) is -0.340. The van der Waals surface area contributed by atoms with E-state index >= 15 is 0 Å². The fourth-order valence-electron chi connectivity index (χ4n) is 2.24. The number of benzene rings is 1. The Morgan fingerprint density at radius 2 is 1.86 bits per heavy atom. The number of carbonyl (C=O) groups is 1. The number of methoxy groups -OCH3 is 2. The molecule has 0 spiro atoms. The van der Waals surface area contributed by atoms with Crippen LogP contribution in [-0.2, 0) is 11.3 Å². The van der Waals surface area contributed by atoms with E-state index in [1.807, 2.05) is 45.9 Å². The molecule has 0 heterocycles. The molecule has 0 radical (unpaired) electrons. The van der Waals surface area contributed by atoms with Crippen molar-refractivity contribution in [3.05, 3.63) is 23.8 Å². The van der Waals surface area contributed by atoms with Crippen LogP contribution in [0.3, 0.4) is 0 Å². The van der Waals surface area contributed by atoms with E-state index in [9.17, 15) is 4.79 Å². The lowest BCUT2D eigenvalue weighted by Crippen LogP contribution is -2.42. The van der Waals surface area contributed by atoms with Crippen LogP contribution < -0.4 is 20.5 Å². The van der Waals surface area contributed by atoms with Crippen molar-refractivity contribution in [3.63, 3.8) is 0 Å². The highest BCUT2D eigenvalue weighted by molar-refractivity contribution is 14.0. The molecule has 1 aromatic carbocycles. The largest absolute Gasteiger partial charge is 0.493 e. The Balaban J connectivity index is 0.00000729. The smallest absolute Gasteiger partial charge is 0.410 e. The van der Waals surface area contributed by atoms with Gasteiger partial charge in [0.1, 0.15) is 5.60 Å². The first-order valence-electron chi connectivity index (χ1n) is 8.92. The predicted octanol–water partition coefficient (Wildman–Crippen LogP) is 2.98. The van der Waals surface area contributed by atoms with Crippen molar-refractivity contribution in [2.45, 2.75) is 39.8 Å². The van der Waals surface area contributed by atoms with Crippen LogP contribution in [0.4, 0.5) is 4.79 Å². The summed E-state index contributed by atoms with van der Waals surface area (Å²) in [6.45, 7) is 9.34. The van der Waals surface area contributed by atoms with Gasteiger partial charge in [0.05, 0.1) is 20.8 Å². The van der Waals surface area contributed by atoms with Crippen LogP contribution in [0.25, 0.3) is 0 Å². The minimum Gasteiger partial charge on any atom is -0.493 e. The maximum atomic E-state index is 12.1. The number of likely N-dealkylation sites (N-methyl/N-ethyl adjacent to an activating group) is 1. The number of rotatable bonds is 8. The van der Waals surface area contributed by atoms with Crippen LogP contribution >= 0.6 is 24.0 Å². The summed E-state index contributed by atoms with van der Waals surface area (Å²) < 4.78 is 15.9. The first-order valence-corrected chi connectivity index (χ1v) is 8.92. The van der Waals surface area contributed by atoms with Gasteiger partial charge in [0, 0.05) is 19.6 Å². The minimum absolute atomic E-state index is 0. The maximum Gasteiger partial charge on any atom is 0.410 e. The molecule has 1 amide bonds. The third-order valence-electron chi connectivity index (χ3n) is 3.60. The number of guanidine groups is 1. The summed E-state index contributed by atoms with van der Waals surface area (Å²) in [5, 5.41) is 3.01. The van der Waals surface area contributed by atoms with E-state index in [4.69, 9.17) is 19.9 Å². The standard InChI is InChI=1S/C19H32N4O4.HI/c1-7-23(18(24)27-19(2,3)4)11-10-21-17(20)22-13-14-8-9-15(25-5)16(12-14)26-6;/h8-9,12H,7,10-11,13H2,1-6H3,(H3,20,21,22);1H. The van der Waals surface area contributed by atoms with Gasteiger partial charge in [-0.2, -0.15) is 0 Å². The van der Waals surface area contributed by atoms with Crippen molar-refractivity contribution >= 4 is 36.0 Å². The fraction of sp³-hybridized carbons (Fsp3) is 0.579. The Morgan fingerprint density at radius 1 is 1.21 bits per heavy atom. The van der Waals surface area contributed by atoms with E-state index in [1.54, 1.807) is 19.1 Å². The van der Waals surface area contributed by atoms with Gasteiger partial charge in [0.25, 0.3) is 0 Å². The molecule has 0 aliphatic rings. The number of carbonyl (C=O) groups excluding carboxylic acids is 1. The minimum atomic E-state index is -0.516. The second-order valence-electron chi connectivity index (χ2n) is 6.88. The maximum absolute atomic E-state index is 12.1. The lowest BCUT2D eigenvalue weighted by molar-refractivity contribution is 0.0264. The number of nitrogens with one attached hydrogen (secondary N) is 1. The molecule has 0 fully saturated rings. The molecular formula is C19H33IN4O4. The molecule has 160 valence electrons. The lowest BCUT2D eigenvalue weighted by Gasteiger charge is -2.26. The molecule has 0 aliphatic heterocycles. The van der Waals surface area contributed by atoms with Gasteiger partial charge in [-0.15, -0.1) is 24.0 Å². The molecule has 1 aromatic rings. The monoisotopic (exact) mass is 508 g/mol. The van der Waals surface area contributed by atoms with Crippen molar-refractivity contribution in [1.82, 2.24) is 10.2 Å². The Bertz CT molecular complexity index is 647. The van der Waals surface area contributed by atoms with Crippen molar-refractivity contribution in [3.8, 4) is 11.5 Å². The second kappa shape index (κ2) is 12.5. The van der Waals surface area contributed by atoms with Crippen molar-refractivity contribution in [2.75, 3.05) is 33.9 Å². The molecule has 8 nitrogen and oxygen atoms in total. The van der Waals surface area contributed by atoms with Crippen LogP contribution in [0.15, 0.2) is 23.2 Å². The van der Waals surface area contributed by atoms with Crippen molar-refractivity contribution < 1.29 is 19.0 Å². The Morgan fingerprint density at radius 3 is 2.39 bits per heavy atom. The van der Waals surface area contributed by atoms with Gasteiger partial charge in [-0.1, -0.05) is 6.07 Å². The van der Waals surface area contributed by atoms with Crippen LogP contribution in [0, 0.1) is 0 Å². The topological polar surface area (TPSA) is 98.4 Å². The summed E-state index contributed by atoms with van der Waals surface area (Å²) >= 11 is 0. The third-order valence-corrected chi connectivity index (χ3v) is 3.60. The summed E-state index contributed by atoms with van der Waals surface area (Å²) in [7, 11) is 3.18. The Kier molecular flexibility index (Phi) is 11.7. The van der Waals surface area contributed by atoms with Gasteiger partial charge in [-0.25, -0.2) is 9.79 Å². The molecule has 0 unspecified atom stereocenters. The summed E-state index contributed by atoms with van der Waals surface area (Å²) in [5.74, 6) is 1.62. The van der Waals surface area contributed by atoms with E-state index in [0.29, 0.717) is 43.6 Å². The zero-order valence-electron chi connectivity index (χ0n) is 17.6.